The molecular formula is C85H146O17P2. The maximum Gasteiger partial charge on any atom is 0.472 e. The van der Waals surface area contributed by atoms with Crippen molar-refractivity contribution in [3.63, 3.8) is 0 Å². The molecule has 0 radical (unpaired) electrons. The lowest BCUT2D eigenvalue weighted by Crippen LogP contribution is -2.30. The van der Waals surface area contributed by atoms with E-state index in [0.29, 0.717) is 51.7 Å². The third kappa shape index (κ3) is 78.8. The van der Waals surface area contributed by atoms with E-state index in [1.54, 1.807) is 0 Å². The zero-order valence-corrected chi connectivity index (χ0v) is 66.8. The number of aliphatic hydroxyl groups excluding tert-OH is 1. The summed E-state index contributed by atoms with van der Waals surface area (Å²) in [6, 6.07) is 0. The molecule has 0 spiro atoms. The highest BCUT2D eigenvalue weighted by molar-refractivity contribution is 7.47. The molecule has 0 aliphatic heterocycles. The molecule has 0 bridgehead atoms. The molecule has 0 aliphatic rings. The lowest BCUT2D eigenvalue weighted by Gasteiger charge is -2.21. The summed E-state index contributed by atoms with van der Waals surface area (Å²) in [6.07, 6.45) is 88.8. The highest BCUT2D eigenvalue weighted by atomic mass is 31.2. The SMILES string of the molecule is CCCCC/C=C\C/C=C\C/C=C\C/C=C\CCCC(=O)OC[C@H](COP(=O)(O)OC[C@H](O)COP(=O)(O)OC[C@@H](COCCCCCCCCC/C=C\CCCCCCC=O)OCCCCCCCCC/C=C\CCCCCCC=O)OC(=O)CCC/C=C\C/C=C\C/C=C\C/C=C\CCCCC. The molecule has 0 amide bonds. The molecule has 2 unspecified atom stereocenters. The molecule has 0 rings (SSSR count). The number of hydrogen-bond donors (Lipinski definition) is 3. The lowest BCUT2D eigenvalue weighted by molar-refractivity contribution is -0.161. The van der Waals surface area contributed by atoms with Crippen LogP contribution in [-0.2, 0) is 65.4 Å². The standard InChI is InChI=1S/C85H146O17P2/c1-3-5-7-9-11-13-15-17-19-21-27-33-39-45-51-57-63-69-84(89)97-78-83(102-85(90)70-64-58-52-46-40-34-28-22-20-18-16-14-12-10-8-6-4-2)80-101-104(93,94)99-76-81(88)75-98-103(91,92)100-79-82(96-74-68-62-56-50-44-38-32-26-24-30-36-42-48-54-60-66-72-87)77-95-73-67-61-55-49-43-37-31-25-23-29-35-41-47-53-59-65-71-86/h11-14,17-20,23-24,27-30,33-34,45-46,51-52,71-72,81-83,88H,3-10,15-16,21-22,25-26,31-32,35-44,47-50,53-70,73-80H2,1-2H3,(H,91,92)(H,93,94)/b13-11-,14-12-,19-17-,20-18-,29-23-,30-24-,33-27-,34-28-,51-45-,52-46-/t81-,82-,83-/m1/s1. The molecule has 17 nitrogen and oxygen atoms in total. The number of phosphoric acid groups is 2. The van der Waals surface area contributed by atoms with Gasteiger partial charge in [-0.25, -0.2) is 9.13 Å². The molecule has 3 N–H and O–H groups in total. The number of aliphatic hydroxyl groups is 1. The third-order valence-electron chi connectivity index (χ3n) is 16.9. The van der Waals surface area contributed by atoms with Gasteiger partial charge < -0.3 is 43.4 Å². The van der Waals surface area contributed by atoms with E-state index >= 15 is 0 Å². The summed E-state index contributed by atoms with van der Waals surface area (Å²) >= 11 is 0. The number of allylic oxidation sites excluding steroid dienone is 20. The van der Waals surface area contributed by atoms with E-state index in [-0.39, 0.29) is 26.1 Å². The van der Waals surface area contributed by atoms with Crippen LogP contribution in [0.4, 0.5) is 0 Å². The van der Waals surface area contributed by atoms with E-state index in [1.807, 2.05) is 24.3 Å². The first-order valence-electron chi connectivity index (χ1n) is 40.7. The van der Waals surface area contributed by atoms with E-state index in [1.165, 1.54) is 103 Å². The van der Waals surface area contributed by atoms with Gasteiger partial charge in [-0.3, -0.25) is 27.7 Å². The molecule has 0 aromatic rings. The van der Waals surface area contributed by atoms with Crippen LogP contribution in [0.1, 0.15) is 322 Å². The molecule has 0 saturated carbocycles. The molecule has 0 aliphatic carbocycles. The van der Waals surface area contributed by atoms with Gasteiger partial charge >= 0.3 is 27.6 Å². The maximum atomic E-state index is 13.1. The van der Waals surface area contributed by atoms with Crippen molar-refractivity contribution in [2.75, 3.05) is 52.9 Å². The van der Waals surface area contributed by atoms with Crippen molar-refractivity contribution in [2.24, 2.45) is 0 Å². The number of carbonyl (C=O) groups is 4. The second-order valence-corrected chi connectivity index (χ2v) is 29.8. The highest BCUT2D eigenvalue weighted by Gasteiger charge is 2.30. The fourth-order valence-electron chi connectivity index (χ4n) is 10.7. The molecule has 0 aromatic heterocycles. The van der Waals surface area contributed by atoms with Crippen molar-refractivity contribution >= 4 is 40.2 Å². The van der Waals surface area contributed by atoms with E-state index in [4.69, 9.17) is 37.0 Å². The Balaban J connectivity index is 5.33. The first-order valence-corrected chi connectivity index (χ1v) is 43.7. The van der Waals surface area contributed by atoms with Crippen molar-refractivity contribution in [3.05, 3.63) is 122 Å². The summed E-state index contributed by atoms with van der Waals surface area (Å²) in [5.41, 5.74) is 0. The summed E-state index contributed by atoms with van der Waals surface area (Å²) in [7, 11) is -9.73. The minimum atomic E-state index is -4.95. The van der Waals surface area contributed by atoms with E-state index in [9.17, 15) is 43.2 Å². The van der Waals surface area contributed by atoms with Gasteiger partial charge in [0.2, 0.25) is 0 Å². The second-order valence-electron chi connectivity index (χ2n) is 26.9. The molecule has 104 heavy (non-hydrogen) atoms. The Bertz CT molecular complexity index is 2380. The summed E-state index contributed by atoms with van der Waals surface area (Å²) in [5.74, 6) is -1.17. The van der Waals surface area contributed by atoms with Crippen LogP contribution in [0.2, 0.25) is 0 Å². The van der Waals surface area contributed by atoms with E-state index < -0.39 is 72.3 Å². The van der Waals surface area contributed by atoms with Crippen molar-refractivity contribution in [3.8, 4) is 0 Å². The van der Waals surface area contributed by atoms with Gasteiger partial charge in [-0.1, -0.05) is 251 Å². The normalized spacial score (nSPS) is 14.5. The first-order chi connectivity index (χ1) is 50.9. The predicted molar refractivity (Wildman–Crippen MR) is 427 cm³/mol. The minimum absolute atomic E-state index is 0.0270. The van der Waals surface area contributed by atoms with Gasteiger partial charge in [0, 0.05) is 38.9 Å². The Labute approximate surface area is 632 Å². The quantitative estimate of drug-likeness (QED) is 0.0169. The van der Waals surface area contributed by atoms with Crippen LogP contribution < -0.4 is 0 Å². The van der Waals surface area contributed by atoms with Crippen LogP contribution in [0.5, 0.6) is 0 Å². The van der Waals surface area contributed by atoms with Gasteiger partial charge in [-0.2, -0.15) is 0 Å². The van der Waals surface area contributed by atoms with Crippen LogP contribution in [0.15, 0.2) is 122 Å². The Morgan fingerprint density at radius 2 is 0.606 bits per heavy atom. The lowest BCUT2D eigenvalue weighted by atomic mass is 10.1. The van der Waals surface area contributed by atoms with Crippen molar-refractivity contribution in [2.45, 2.75) is 340 Å². The largest absolute Gasteiger partial charge is 0.472 e. The number of esters is 2. The fourth-order valence-corrected chi connectivity index (χ4v) is 12.3. The molecular weight excluding hydrogens is 1350 g/mol. The fraction of sp³-hybridized carbons (Fsp3) is 0.718. The van der Waals surface area contributed by atoms with Gasteiger partial charge in [-0.15, -0.1) is 0 Å². The molecule has 19 heteroatoms. The van der Waals surface area contributed by atoms with E-state index in [2.05, 4.69) is 111 Å². The van der Waals surface area contributed by atoms with Gasteiger partial charge in [0.1, 0.15) is 31.4 Å². The van der Waals surface area contributed by atoms with Crippen LogP contribution >= 0.6 is 15.6 Å². The summed E-state index contributed by atoms with van der Waals surface area (Å²) in [4.78, 5) is 68.1. The minimum Gasteiger partial charge on any atom is -0.462 e. The Hall–Kier alpha value is -4.22. The Morgan fingerprint density at radius 3 is 0.981 bits per heavy atom. The first kappa shape index (κ1) is 99.8. The number of aldehydes is 2. The zero-order valence-electron chi connectivity index (χ0n) is 65.0. The molecule has 0 fully saturated rings. The number of ether oxygens (including phenoxy) is 4. The molecule has 5 atom stereocenters. The van der Waals surface area contributed by atoms with Crippen molar-refractivity contribution in [1.82, 2.24) is 0 Å². The van der Waals surface area contributed by atoms with Gasteiger partial charge in [0.05, 0.1) is 33.0 Å². The number of phosphoric ester groups is 2. The molecule has 0 saturated heterocycles. The average molecular weight is 1500 g/mol. The number of unbranched alkanes of at least 4 members (excludes halogenated alkanes) is 32. The van der Waals surface area contributed by atoms with Crippen molar-refractivity contribution < 1.29 is 80.2 Å². The topological polar surface area (TPSA) is 237 Å². The van der Waals surface area contributed by atoms with Gasteiger partial charge in [0.15, 0.2) is 6.10 Å². The van der Waals surface area contributed by atoms with Gasteiger partial charge in [0.25, 0.3) is 0 Å². The zero-order chi connectivity index (χ0) is 75.7. The highest BCUT2D eigenvalue weighted by Crippen LogP contribution is 2.45. The Morgan fingerprint density at radius 1 is 0.317 bits per heavy atom. The maximum absolute atomic E-state index is 13.1. The monoisotopic (exact) mass is 1500 g/mol. The smallest absolute Gasteiger partial charge is 0.462 e. The van der Waals surface area contributed by atoms with Crippen LogP contribution in [0, 0.1) is 0 Å². The summed E-state index contributed by atoms with van der Waals surface area (Å²) < 4.78 is 69.9. The number of hydrogen-bond acceptors (Lipinski definition) is 15. The molecule has 0 aromatic carbocycles. The van der Waals surface area contributed by atoms with Crippen LogP contribution in [-0.4, -0.2) is 111 Å². The van der Waals surface area contributed by atoms with Gasteiger partial charge in [-0.05, 0) is 167 Å². The molecule has 0 heterocycles. The number of rotatable bonds is 80. The summed E-state index contributed by atoms with van der Waals surface area (Å²) in [6.45, 7) is 2.34. The molecule has 598 valence electrons. The average Bonchev–Trinajstić information content (AvgIpc) is 0.910. The number of carbonyl (C=O) groups excluding carboxylic acids is 4. The Kier molecular flexibility index (Phi) is 76.6. The predicted octanol–water partition coefficient (Wildman–Crippen LogP) is 23.2. The van der Waals surface area contributed by atoms with Crippen molar-refractivity contribution in [1.29, 1.82) is 0 Å². The second kappa shape index (κ2) is 79.8. The summed E-state index contributed by atoms with van der Waals surface area (Å²) in [5, 5.41) is 10.7. The van der Waals surface area contributed by atoms with Crippen LogP contribution in [0.25, 0.3) is 0 Å². The van der Waals surface area contributed by atoms with Crippen LogP contribution in [0.3, 0.4) is 0 Å². The van der Waals surface area contributed by atoms with E-state index in [0.717, 1.165) is 167 Å². The third-order valence-corrected chi connectivity index (χ3v) is 18.8.